The summed E-state index contributed by atoms with van der Waals surface area (Å²) < 4.78 is 0. The lowest BCUT2D eigenvalue weighted by molar-refractivity contribution is -0.290. The Hall–Kier alpha value is -0.610. The van der Waals surface area contributed by atoms with Gasteiger partial charge in [-0.25, -0.2) is 4.89 Å². The first kappa shape index (κ1) is 7.50. The van der Waals surface area contributed by atoms with Crippen molar-refractivity contribution in [3.63, 3.8) is 0 Å². The molecule has 0 aromatic carbocycles. The zero-order chi connectivity index (χ0) is 7.61. The third-order valence-electron chi connectivity index (χ3n) is 1.47. The molecule has 0 fully saturated rings. The minimum absolute atomic E-state index is 0.684. The van der Waals surface area contributed by atoms with Gasteiger partial charge in [0.05, 0.1) is 6.54 Å². The van der Waals surface area contributed by atoms with E-state index in [0.29, 0.717) is 0 Å². The lowest BCUT2D eigenvalue weighted by atomic mass is 10.1. The molecule has 10 heavy (non-hydrogen) atoms. The predicted molar refractivity (Wildman–Crippen MR) is 38.1 cm³/mol. The normalized spacial score (nSPS) is 18.5. The Morgan fingerprint density at radius 2 is 2.40 bits per heavy atom. The Balaban J connectivity index is 2.62. The molecule has 0 atom stereocenters. The monoisotopic (exact) mass is 144 g/mol. The molecule has 1 aliphatic heterocycles. The third-order valence-corrected chi connectivity index (χ3v) is 1.47. The zero-order valence-electron chi connectivity index (χ0n) is 6.22. The summed E-state index contributed by atoms with van der Waals surface area (Å²) in [5.74, 6) is 0.718. The maximum Gasteiger partial charge on any atom is 0.154 e. The van der Waals surface area contributed by atoms with Gasteiger partial charge in [0.1, 0.15) is 5.84 Å². The molecule has 1 rings (SSSR count). The lowest BCUT2D eigenvalue weighted by Crippen LogP contribution is -2.41. The molecule has 0 bridgehead atoms. The quantitative estimate of drug-likeness (QED) is 0.431. The Labute approximate surface area is 59.8 Å². The first-order chi connectivity index (χ1) is 4.67. The van der Waals surface area contributed by atoms with Crippen LogP contribution in [0.25, 0.3) is 0 Å². The molecule has 4 heteroatoms. The molecule has 0 saturated heterocycles. The highest BCUT2D eigenvalue weighted by Crippen LogP contribution is 2.10. The van der Waals surface area contributed by atoms with Gasteiger partial charge in [-0.1, -0.05) is 0 Å². The predicted octanol–water partition coefficient (Wildman–Crippen LogP) is 0.256. The van der Waals surface area contributed by atoms with Crippen molar-refractivity contribution >= 4 is 5.84 Å². The van der Waals surface area contributed by atoms with E-state index < -0.39 is 5.60 Å². The van der Waals surface area contributed by atoms with Crippen molar-refractivity contribution < 1.29 is 10.1 Å². The fraction of sp³-hybridized carbons (Fsp3) is 0.833. The molecule has 0 amide bonds. The van der Waals surface area contributed by atoms with Crippen molar-refractivity contribution in [2.45, 2.75) is 19.4 Å². The molecular formula is C6H12N2O2. The number of aliphatic imine (C=N–C) groups is 1. The van der Waals surface area contributed by atoms with Gasteiger partial charge in [-0.2, -0.15) is 0 Å². The number of rotatable bonds is 2. The molecule has 0 unspecified atom stereocenters. The summed E-state index contributed by atoms with van der Waals surface area (Å²) in [4.78, 5) is 8.33. The van der Waals surface area contributed by atoms with Crippen molar-refractivity contribution in [3.8, 4) is 0 Å². The van der Waals surface area contributed by atoms with Crippen molar-refractivity contribution in [2.24, 2.45) is 4.99 Å². The Bertz CT molecular complexity index is 154. The summed E-state index contributed by atoms with van der Waals surface area (Å²) in [6, 6.07) is 0. The van der Waals surface area contributed by atoms with Gasteiger partial charge in [-0.3, -0.25) is 10.2 Å². The van der Waals surface area contributed by atoms with Crippen LogP contribution in [0, 0.1) is 0 Å². The highest BCUT2D eigenvalue weighted by molar-refractivity contribution is 5.90. The Morgan fingerprint density at radius 1 is 1.70 bits per heavy atom. The van der Waals surface area contributed by atoms with Crippen molar-refractivity contribution in [3.05, 3.63) is 0 Å². The van der Waals surface area contributed by atoms with Crippen LogP contribution in [0.4, 0.5) is 0 Å². The first-order valence-corrected chi connectivity index (χ1v) is 3.28. The average Bonchev–Trinajstić information content (AvgIpc) is 2.38. The summed E-state index contributed by atoms with van der Waals surface area (Å²) >= 11 is 0. The van der Waals surface area contributed by atoms with Gasteiger partial charge in [0.25, 0.3) is 0 Å². The number of nitrogens with one attached hydrogen (secondary N) is 1. The largest absolute Gasteiger partial charge is 0.369 e. The molecule has 0 spiro atoms. The fourth-order valence-corrected chi connectivity index (χ4v) is 0.844. The van der Waals surface area contributed by atoms with Crippen molar-refractivity contribution in [1.82, 2.24) is 5.32 Å². The van der Waals surface area contributed by atoms with Gasteiger partial charge < -0.3 is 5.32 Å². The van der Waals surface area contributed by atoms with Gasteiger partial charge in [0.2, 0.25) is 0 Å². The maximum atomic E-state index is 8.43. The van der Waals surface area contributed by atoms with Crippen LogP contribution in [-0.4, -0.2) is 29.8 Å². The van der Waals surface area contributed by atoms with Crippen LogP contribution in [0.5, 0.6) is 0 Å². The molecule has 1 aliphatic rings. The second kappa shape index (κ2) is 2.56. The fourth-order valence-electron chi connectivity index (χ4n) is 0.844. The standard InChI is InChI=1S/C6H12N2O2/c1-6(2,10-9)5-7-3-4-8-5/h9H,3-4H2,1-2H3,(H,7,8). The lowest BCUT2D eigenvalue weighted by Gasteiger charge is -2.20. The van der Waals surface area contributed by atoms with E-state index in [-0.39, 0.29) is 0 Å². The van der Waals surface area contributed by atoms with E-state index >= 15 is 0 Å². The summed E-state index contributed by atoms with van der Waals surface area (Å²) in [7, 11) is 0. The summed E-state index contributed by atoms with van der Waals surface area (Å²) in [5, 5.41) is 11.4. The molecule has 2 N–H and O–H groups in total. The third kappa shape index (κ3) is 1.27. The second-order valence-electron chi connectivity index (χ2n) is 2.76. The van der Waals surface area contributed by atoms with E-state index in [1.54, 1.807) is 13.8 Å². The Kier molecular flexibility index (Phi) is 1.92. The summed E-state index contributed by atoms with van der Waals surface area (Å²) in [6.07, 6.45) is 0. The number of amidine groups is 1. The molecule has 0 aliphatic carbocycles. The van der Waals surface area contributed by atoms with E-state index in [0.717, 1.165) is 18.9 Å². The van der Waals surface area contributed by atoms with Crippen LogP contribution in [-0.2, 0) is 4.89 Å². The number of nitrogens with zero attached hydrogens (tertiary/aromatic N) is 1. The van der Waals surface area contributed by atoms with Crippen LogP contribution in [0.1, 0.15) is 13.8 Å². The molecule has 0 aromatic rings. The van der Waals surface area contributed by atoms with E-state index in [9.17, 15) is 0 Å². The van der Waals surface area contributed by atoms with Crippen molar-refractivity contribution in [1.29, 1.82) is 0 Å². The second-order valence-corrected chi connectivity index (χ2v) is 2.76. The topological polar surface area (TPSA) is 53.9 Å². The molecule has 0 radical (unpaired) electrons. The minimum Gasteiger partial charge on any atom is -0.369 e. The number of hydrogen-bond donors (Lipinski definition) is 2. The van der Waals surface area contributed by atoms with Gasteiger partial charge >= 0.3 is 0 Å². The molecule has 0 saturated carbocycles. The molecule has 4 nitrogen and oxygen atoms in total. The Morgan fingerprint density at radius 3 is 2.80 bits per heavy atom. The average molecular weight is 144 g/mol. The van der Waals surface area contributed by atoms with E-state index in [2.05, 4.69) is 15.2 Å². The molecule has 1 heterocycles. The SMILES string of the molecule is CC(C)(OO)C1=NCCN1. The molecular weight excluding hydrogens is 132 g/mol. The minimum atomic E-state index is -0.684. The maximum absolute atomic E-state index is 8.43. The highest BCUT2D eigenvalue weighted by atomic mass is 17.1. The highest BCUT2D eigenvalue weighted by Gasteiger charge is 2.27. The van der Waals surface area contributed by atoms with Crippen LogP contribution < -0.4 is 5.32 Å². The van der Waals surface area contributed by atoms with Crippen LogP contribution >= 0.6 is 0 Å². The molecule has 0 aromatic heterocycles. The summed E-state index contributed by atoms with van der Waals surface area (Å²) in [5.41, 5.74) is -0.684. The van der Waals surface area contributed by atoms with E-state index in [4.69, 9.17) is 5.26 Å². The smallest absolute Gasteiger partial charge is 0.154 e. The van der Waals surface area contributed by atoms with Crippen LogP contribution in [0.2, 0.25) is 0 Å². The van der Waals surface area contributed by atoms with Gasteiger partial charge in [0.15, 0.2) is 5.60 Å². The number of hydrogen-bond acceptors (Lipinski definition) is 4. The van der Waals surface area contributed by atoms with Crippen LogP contribution in [0.3, 0.4) is 0 Å². The van der Waals surface area contributed by atoms with Gasteiger partial charge in [-0.15, -0.1) is 0 Å². The summed E-state index contributed by atoms with van der Waals surface area (Å²) in [6.45, 7) is 5.11. The van der Waals surface area contributed by atoms with E-state index in [1.165, 1.54) is 0 Å². The van der Waals surface area contributed by atoms with Crippen LogP contribution in [0.15, 0.2) is 4.99 Å². The zero-order valence-corrected chi connectivity index (χ0v) is 6.22. The van der Waals surface area contributed by atoms with Gasteiger partial charge in [0, 0.05) is 6.54 Å². The van der Waals surface area contributed by atoms with Gasteiger partial charge in [-0.05, 0) is 13.8 Å². The molecule has 58 valence electrons. The first-order valence-electron chi connectivity index (χ1n) is 3.28. The van der Waals surface area contributed by atoms with Crippen molar-refractivity contribution in [2.75, 3.05) is 13.1 Å². The van der Waals surface area contributed by atoms with E-state index in [1.807, 2.05) is 0 Å².